The van der Waals surface area contributed by atoms with Crippen molar-refractivity contribution < 1.29 is 27.1 Å². The summed E-state index contributed by atoms with van der Waals surface area (Å²) in [6.45, 7) is 0.765. The summed E-state index contributed by atoms with van der Waals surface area (Å²) < 4.78 is 57.7. The zero-order chi connectivity index (χ0) is 20.1. The van der Waals surface area contributed by atoms with E-state index in [0.29, 0.717) is 24.3 Å². The van der Waals surface area contributed by atoms with Gasteiger partial charge in [-0.05, 0) is 54.2 Å². The molecule has 0 unspecified atom stereocenters. The van der Waals surface area contributed by atoms with Gasteiger partial charge in [-0.3, -0.25) is 0 Å². The lowest BCUT2D eigenvalue weighted by Crippen LogP contribution is -2.29. The van der Waals surface area contributed by atoms with Crippen molar-refractivity contribution >= 4 is 11.7 Å². The molecule has 0 heterocycles. The zero-order valence-electron chi connectivity index (χ0n) is 15.0. The lowest BCUT2D eigenvalue weighted by molar-refractivity contribution is -0.138. The van der Waals surface area contributed by atoms with E-state index in [0.717, 1.165) is 24.3 Å². The Kier molecular flexibility index (Phi) is 6.18. The van der Waals surface area contributed by atoms with Crippen molar-refractivity contribution in [2.75, 3.05) is 11.9 Å². The third-order valence-electron chi connectivity index (χ3n) is 4.32. The van der Waals surface area contributed by atoms with E-state index in [1.165, 1.54) is 12.8 Å². The summed E-state index contributed by atoms with van der Waals surface area (Å²) in [7, 11) is 0. The minimum atomic E-state index is -4.70. The Hall–Kier alpha value is -2.61. The number of hydrogen-bond acceptors (Lipinski definition) is 2. The Morgan fingerprint density at radius 1 is 1.14 bits per heavy atom. The number of ether oxygens (including phenoxy) is 1. The van der Waals surface area contributed by atoms with Crippen LogP contribution in [0.2, 0.25) is 0 Å². The maximum Gasteiger partial charge on any atom is 0.416 e. The predicted octanol–water partition coefficient (Wildman–Crippen LogP) is 5.09. The van der Waals surface area contributed by atoms with Gasteiger partial charge in [0.1, 0.15) is 5.82 Å². The van der Waals surface area contributed by atoms with Crippen LogP contribution in [0.25, 0.3) is 0 Å². The highest BCUT2D eigenvalue weighted by Crippen LogP contribution is 2.32. The van der Waals surface area contributed by atoms with Gasteiger partial charge >= 0.3 is 12.2 Å². The Morgan fingerprint density at radius 3 is 2.64 bits per heavy atom. The van der Waals surface area contributed by atoms with Crippen molar-refractivity contribution in [1.82, 2.24) is 5.32 Å². The molecule has 150 valence electrons. The van der Waals surface area contributed by atoms with Crippen molar-refractivity contribution in [3.05, 3.63) is 65.0 Å². The molecule has 8 heteroatoms. The van der Waals surface area contributed by atoms with Crippen LogP contribution in [0.5, 0.6) is 0 Å². The number of nitrogens with one attached hydrogen (secondary N) is 2. The molecule has 2 amide bonds. The summed E-state index contributed by atoms with van der Waals surface area (Å²) in [5.74, 6) is -0.332. The summed E-state index contributed by atoms with van der Waals surface area (Å²) in [4.78, 5) is 12.0. The van der Waals surface area contributed by atoms with Gasteiger partial charge in [0, 0.05) is 18.8 Å². The molecule has 1 aliphatic rings. The molecule has 0 bridgehead atoms. The Labute approximate surface area is 159 Å². The summed E-state index contributed by atoms with van der Waals surface area (Å²) in [5, 5.41) is 4.93. The number of alkyl halides is 3. The molecule has 0 aliphatic heterocycles. The fourth-order valence-electron chi connectivity index (χ4n) is 2.68. The molecule has 2 N–H and O–H groups in total. The minimum absolute atomic E-state index is 0.216. The van der Waals surface area contributed by atoms with Crippen LogP contribution in [0.3, 0.4) is 0 Å². The Bertz CT molecular complexity index is 835. The average Bonchev–Trinajstić information content (AvgIpc) is 3.44. The molecule has 0 spiro atoms. The first-order chi connectivity index (χ1) is 13.3. The number of halogens is 4. The molecule has 1 saturated carbocycles. The quantitative estimate of drug-likeness (QED) is 0.641. The van der Waals surface area contributed by atoms with Gasteiger partial charge in [-0.15, -0.1) is 0 Å². The number of hydrogen-bond donors (Lipinski definition) is 2. The summed E-state index contributed by atoms with van der Waals surface area (Å²) in [5.41, 5.74) is 0.0606. The molecule has 1 aliphatic carbocycles. The zero-order valence-corrected chi connectivity index (χ0v) is 15.0. The number of carbonyl (C=O) groups is 1. The molecule has 2 aromatic carbocycles. The largest absolute Gasteiger partial charge is 0.416 e. The van der Waals surface area contributed by atoms with Crippen LogP contribution in [-0.4, -0.2) is 12.6 Å². The second-order valence-electron chi connectivity index (χ2n) is 6.77. The number of amides is 2. The summed E-state index contributed by atoms with van der Waals surface area (Å²) in [6.07, 6.45) is -2.30. The monoisotopic (exact) mass is 396 g/mol. The van der Waals surface area contributed by atoms with Gasteiger partial charge in [0.2, 0.25) is 0 Å². The standard InChI is InChI=1S/C20H20F4N2O2/c21-16-7-6-15(18(9-16)20(22,23)24)10-25-19(27)26-17-3-1-2-14(8-17)12-28-11-13-4-5-13/h1-3,6-9,13H,4-5,10-12H2,(H2,25,26,27). The van der Waals surface area contributed by atoms with Gasteiger partial charge in [0.15, 0.2) is 0 Å². The second-order valence-corrected chi connectivity index (χ2v) is 6.77. The van der Waals surface area contributed by atoms with E-state index in [2.05, 4.69) is 10.6 Å². The van der Waals surface area contributed by atoms with Gasteiger partial charge < -0.3 is 15.4 Å². The van der Waals surface area contributed by atoms with Crippen LogP contribution >= 0.6 is 0 Å². The van der Waals surface area contributed by atoms with Crippen molar-refractivity contribution in [2.45, 2.75) is 32.2 Å². The van der Waals surface area contributed by atoms with Gasteiger partial charge in [-0.2, -0.15) is 13.2 Å². The lowest BCUT2D eigenvalue weighted by Gasteiger charge is -2.14. The SMILES string of the molecule is O=C(NCc1ccc(F)cc1C(F)(F)F)Nc1cccc(COCC2CC2)c1. The van der Waals surface area contributed by atoms with E-state index in [-0.39, 0.29) is 12.1 Å². The Balaban J connectivity index is 1.54. The van der Waals surface area contributed by atoms with Crippen LogP contribution < -0.4 is 10.6 Å². The normalized spacial score (nSPS) is 14.0. The van der Waals surface area contributed by atoms with E-state index >= 15 is 0 Å². The highest BCUT2D eigenvalue weighted by Gasteiger charge is 2.33. The molecule has 0 aromatic heterocycles. The smallest absolute Gasteiger partial charge is 0.376 e. The molecule has 0 radical (unpaired) electrons. The molecule has 2 aromatic rings. The van der Waals surface area contributed by atoms with Gasteiger partial charge in [0.05, 0.1) is 12.2 Å². The van der Waals surface area contributed by atoms with E-state index < -0.39 is 23.6 Å². The second kappa shape index (κ2) is 8.60. The summed E-state index contributed by atoms with van der Waals surface area (Å²) in [6, 6.07) is 8.73. The van der Waals surface area contributed by atoms with Crippen LogP contribution in [0, 0.1) is 11.7 Å². The van der Waals surface area contributed by atoms with Gasteiger partial charge in [-0.1, -0.05) is 18.2 Å². The lowest BCUT2D eigenvalue weighted by atomic mass is 10.1. The van der Waals surface area contributed by atoms with Crippen LogP contribution in [-0.2, 0) is 24.1 Å². The molecular formula is C20H20F4N2O2. The van der Waals surface area contributed by atoms with E-state index in [4.69, 9.17) is 4.74 Å². The molecule has 0 atom stereocenters. The van der Waals surface area contributed by atoms with Crippen LogP contribution in [0.15, 0.2) is 42.5 Å². The molecule has 1 fully saturated rings. The first-order valence-corrected chi connectivity index (χ1v) is 8.88. The molecule has 3 rings (SSSR count). The number of carbonyl (C=O) groups excluding carboxylic acids is 1. The van der Waals surface area contributed by atoms with E-state index in [1.54, 1.807) is 18.2 Å². The number of benzene rings is 2. The third kappa shape index (κ3) is 5.95. The molecular weight excluding hydrogens is 376 g/mol. The predicted molar refractivity (Wildman–Crippen MR) is 96.1 cm³/mol. The number of urea groups is 1. The minimum Gasteiger partial charge on any atom is -0.376 e. The van der Waals surface area contributed by atoms with Crippen molar-refractivity contribution in [3.8, 4) is 0 Å². The number of rotatable bonds is 7. The first kappa shape index (κ1) is 20.1. The number of anilines is 1. The highest BCUT2D eigenvalue weighted by molar-refractivity contribution is 5.89. The highest BCUT2D eigenvalue weighted by atomic mass is 19.4. The van der Waals surface area contributed by atoms with Crippen molar-refractivity contribution in [1.29, 1.82) is 0 Å². The molecule has 4 nitrogen and oxygen atoms in total. The van der Waals surface area contributed by atoms with E-state index in [9.17, 15) is 22.4 Å². The topological polar surface area (TPSA) is 50.4 Å². The average molecular weight is 396 g/mol. The van der Waals surface area contributed by atoms with Crippen molar-refractivity contribution in [3.63, 3.8) is 0 Å². The third-order valence-corrected chi connectivity index (χ3v) is 4.32. The fraction of sp³-hybridized carbons (Fsp3) is 0.350. The van der Waals surface area contributed by atoms with E-state index in [1.807, 2.05) is 6.07 Å². The molecule has 0 saturated heterocycles. The summed E-state index contributed by atoms with van der Waals surface area (Å²) >= 11 is 0. The maximum atomic E-state index is 13.1. The van der Waals surface area contributed by atoms with Crippen molar-refractivity contribution in [2.24, 2.45) is 5.92 Å². The first-order valence-electron chi connectivity index (χ1n) is 8.88. The fourth-order valence-corrected chi connectivity index (χ4v) is 2.68. The van der Waals surface area contributed by atoms with Crippen LogP contribution in [0.4, 0.5) is 28.0 Å². The van der Waals surface area contributed by atoms with Gasteiger partial charge in [0.25, 0.3) is 0 Å². The Morgan fingerprint density at radius 2 is 1.93 bits per heavy atom. The molecule has 28 heavy (non-hydrogen) atoms. The van der Waals surface area contributed by atoms with Crippen LogP contribution in [0.1, 0.15) is 29.5 Å². The van der Waals surface area contributed by atoms with Gasteiger partial charge in [-0.25, -0.2) is 9.18 Å². The maximum absolute atomic E-state index is 13.1.